The van der Waals surface area contributed by atoms with Gasteiger partial charge in [-0.25, -0.2) is 0 Å². The van der Waals surface area contributed by atoms with Crippen LogP contribution in [0.15, 0.2) is 47.4 Å². The van der Waals surface area contributed by atoms with Gasteiger partial charge in [0.25, 0.3) is 0 Å². The average Bonchev–Trinajstić information content (AvgIpc) is 2.99. The first-order chi connectivity index (χ1) is 10.7. The Balaban J connectivity index is 1.49. The molecule has 114 valence electrons. The van der Waals surface area contributed by atoms with Gasteiger partial charge in [0.1, 0.15) is 0 Å². The van der Waals surface area contributed by atoms with E-state index in [1.807, 2.05) is 49.4 Å². The molecule has 0 spiro atoms. The van der Waals surface area contributed by atoms with E-state index in [1.54, 1.807) is 11.8 Å². The van der Waals surface area contributed by atoms with Gasteiger partial charge in [0.2, 0.25) is 12.7 Å². The molecule has 0 aromatic heterocycles. The van der Waals surface area contributed by atoms with Crippen LogP contribution in [0.25, 0.3) is 0 Å². The summed E-state index contributed by atoms with van der Waals surface area (Å²) in [5.74, 6) is 1.92. The third-order valence-corrected chi connectivity index (χ3v) is 4.55. The molecule has 0 radical (unpaired) electrons. The molecule has 0 saturated carbocycles. The van der Waals surface area contributed by atoms with Crippen molar-refractivity contribution in [1.82, 2.24) is 5.32 Å². The van der Waals surface area contributed by atoms with Gasteiger partial charge in [-0.15, -0.1) is 11.8 Å². The summed E-state index contributed by atoms with van der Waals surface area (Å²) in [6.07, 6.45) is 0. The van der Waals surface area contributed by atoms with Crippen molar-refractivity contribution in [3.63, 3.8) is 0 Å². The van der Waals surface area contributed by atoms with E-state index in [1.165, 1.54) is 5.56 Å². The largest absolute Gasteiger partial charge is 0.454 e. The van der Waals surface area contributed by atoms with Crippen molar-refractivity contribution in [2.75, 3.05) is 12.5 Å². The Labute approximate surface area is 133 Å². The lowest BCUT2D eigenvalue weighted by Crippen LogP contribution is -2.24. The lowest BCUT2D eigenvalue weighted by molar-refractivity contribution is -0.118. The lowest BCUT2D eigenvalue weighted by atomic mass is 10.2. The van der Waals surface area contributed by atoms with Crippen LogP contribution in [0.4, 0.5) is 0 Å². The van der Waals surface area contributed by atoms with Gasteiger partial charge in [0, 0.05) is 11.4 Å². The maximum atomic E-state index is 11.9. The monoisotopic (exact) mass is 315 g/mol. The van der Waals surface area contributed by atoms with Crippen LogP contribution in [0.2, 0.25) is 0 Å². The molecule has 1 aliphatic heterocycles. The molecule has 2 aromatic carbocycles. The smallest absolute Gasteiger partial charge is 0.231 e. The van der Waals surface area contributed by atoms with Crippen molar-refractivity contribution < 1.29 is 14.3 Å². The highest BCUT2D eigenvalue weighted by Crippen LogP contribution is 2.32. The highest BCUT2D eigenvalue weighted by molar-refractivity contribution is 8.00. The Kier molecular flexibility index (Phi) is 4.53. The Morgan fingerprint density at radius 3 is 2.86 bits per heavy atom. The number of carbonyl (C=O) groups is 1. The Morgan fingerprint density at radius 2 is 2.00 bits per heavy atom. The third kappa shape index (κ3) is 3.54. The fourth-order valence-corrected chi connectivity index (χ4v) is 3.02. The molecule has 1 aliphatic rings. The van der Waals surface area contributed by atoms with Gasteiger partial charge in [0.15, 0.2) is 11.5 Å². The van der Waals surface area contributed by atoms with Crippen LogP contribution < -0.4 is 14.8 Å². The summed E-state index contributed by atoms with van der Waals surface area (Å²) < 4.78 is 10.6. The van der Waals surface area contributed by atoms with Gasteiger partial charge in [-0.3, -0.25) is 4.79 Å². The topological polar surface area (TPSA) is 47.6 Å². The zero-order chi connectivity index (χ0) is 15.4. The second kappa shape index (κ2) is 6.75. The Bertz CT molecular complexity index is 687. The van der Waals surface area contributed by atoms with Crippen LogP contribution in [0, 0.1) is 6.92 Å². The van der Waals surface area contributed by atoms with Gasteiger partial charge in [-0.2, -0.15) is 0 Å². The summed E-state index contributed by atoms with van der Waals surface area (Å²) in [6, 6.07) is 13.8. The third-order valence-electron chi connectivity index (χ3n) is 3.38. The van der Waals surface area contributed by atoms with Crippen molar-refractivity contribution in [2.24, 2.45) is 0 Å². The van der Waals surface area contributed by atoms with Gasteiger partial charge in [-0.1, -0.05) is 24.3 Å². The number of thioether (sulfide) groups is 1. The average molecular weight is 315 g/mol. The van der Waals surface area contributed by atoms with E-state index in [0.29, 0.717) is 12.3 Å². The first-order valence-electron chi connectivity index (χ1n) is 7.06. The number of ether oxygens (including phenoxy) is 2. The molecule has 22 heavy (non-hydrogen) atoms. The molecular weight excluding hydrogens is 298 g/mol. The molecular formula is C17H17NO3S. The number of hydrogen-bond donors (Lipinski definition) is 1. The van der Waals surface area contributed by atoms with Crippen LogP contribution in [0.5, 0.6) is 11.5 Å². The van der Waals surface area contributed by atoms with Crippen molar-refractivity contribution in [2.45, 2.75) is 18.4 Å². The predicted octanol–water partition coefficient (Wildman–Crippen LogP) is 3.13. The van der Waals surface area contributed by atoms with E-state index >= 15 is 0 Å². The fourth-order valence-electron chi connectivity index (χ4n) is 2.16. The molecule has 2 aromatic rings. The van der Waals surface area contributed by atoms with Crippen LogP contribution in [-0.4, -0.2) is 18.5 Å². The summed E-state index contributed by atoms with van der Waals surface area (Å²) >= 11 is 1.55. The Hall–Kier alpha value is -2.14. The number of benzene rings is 2. The number of fused-ring (bicyclic) bond motifs is 1. The zero-order valence-electron chi connectivity index (χ0n) is 12.3. The number of hydrogen-bond acceptors (Lipinski definition) is 4. The molecule has 1 N–H and O–H groups in total. The molecule has 3 rings (SSSR count). The summed E-state index contributed by atoms with van der Waals surface area (Å²) in [5.41, 5.74) is 2.19. The second-order valence-electron chi connectivity index (χ2n) is 5.02. The first-order valence-corrected chi connectivity index (χ1v) is 8.04. The Morgan fingerprint density at radius 1 is 1.18 bits per heavy atom. The molecule has 1 amide bonds. The van der Waals surface area contributed by atoms with Crippen LogP contribution in [-0.2, 0) is 11.3 Å². The molecule has 0 aliphatic carbocycles. The van der Waals surface area contributed by atoms with Crippen LogP contribution in [0.3, 0.4) is 0 Å². The van der Waals surface area contributed by atoms with E-state index in [4.69, 9.17) is 9.47 Å². The number of carbonyl (C=O) groups excluding carboxylic acids is 1. The second-order valence-corrected chi connectivity index (χ2v) is 6.04. The molecule has 0 saturated heterocycles. The maximum absolute atomic E-state index is 11.9. The van der Waals surface area contributed by atoms with Gasteiger partial charge in [-0.05, 0) is 36.2 Å². The standard InChI is InChI=1S/C17H17NO3S/c1-12-4-2-3-5-16(12)22-10-17(19)18-9-13-6-7-14-15(8-13)21-11-20-14/h2-8H,9-11H2,1H3,(H,18,19). The molecule has 5 heteroatoms. The van der Waals surface area contributed by atoms with E-state index in [0.717, 1.165) is 22.0 Å². The van der Waals surface area contributed by atoms with E-state index in [-0.39, 0.29) is 12.7 Å². The number of amides is 1. The summed E-state index contributed by atoms with van der Waals surface area (Å²) in [5, 5.41) is 2.92. The maximum Gasteiger partial charge on any atom is 0.231 e. The fraction of sp³-hybridized carbons (Fsp3) is 0.235. The van der Waals surface area contributed by atoms with Crippen molar-refractivity contribution in [1.29, 1.82) is 0 Å². The normalized spacial score (nSPS) is 12.2. The molecule has 4 nitrogen and oxygen atoms in total. The summed E-state index contributed by atoms with van der Waals surface area (Å²) in [6.45, 7) is 2.80. The van der Waals surface area contributed by atoms with Crippen LogP contribution in [0.1, 0.15) is 11.1 Å². The minimum Gasteiger partial charge on any atom is -0.454 e. The highest BCUT2D eigenvalue weighted by atomic mass is 32.2. The van der Waals surface area contributed by atoms with Crippen molar-refractivity contribution in [3.8, 4) is 11.5 Å². The molecule has 0 bridgehead atoms. The summed E-state index contributed by atoms with van der Waals surface area (Å²) in [7, 11) is 0. The van der Waals surface area contributed by atoms with E-state index in [9.17, 15) is 4.79 Å². The summed E-state index contributed by atoms with van der Waals surface area (Å²) in [4.78, 5) is 13.1. The SMILES string of the molecule is Cc1ccccc1SCC(=O)NCc1ccc2c(c1)OCO2. The highest BCUT2D eigenvalue weighted by Gasteiger charge is 2.13. The van der Waals surface area contributed by atoms with E-state index in [2.05, 4.69) is 5.32 Å². The lowest BCUT2D eigenvalue weighted by Gasteiger charge is -2.07. The quantitative estimate of drug-likeness (QED) is 0.861. The molecule has 0 fully saturated rings. The zero-order valence-corrected chi connectivity index (χ0v) is 13.1. The first kappa shape index (κ1) is 14.8. The van der Waals surface area contributed by atoms with Crippen molar-refractivity contribution in [3.05, 3.63) is 53.6 Å². The number of nitrogens with one attached hydrogen (secondary N) is 1. The predicted molar refractivity (Wildman–Crippen MR) is 86.3 cm³/mol. The van der Waals surface area contributed by atoms with Gasteiger partial charge < -0.3 is 14.8 Å². The van der Waals surface area contributed by atoms with Gasteiger partial charge in [0.05, 0.1) is 5.75 Å². The minimum atomic E-state index is 0.0194. The molecule has 1 heterocycles. The molecule has 0 atom stereocenters. The van der Waals surface area contributed by atoms with E-state index < -0.39 is 0 Å². The minimum absolute atomic E-state index is 0.0194. The van der Waals surface area contributed by atoms with Crippen molar-refractivity contribution >= 4 is 17.7 Å². The van der Waals surface area contributed by atoms with Crippen LogP contribution >= 0.6 is 11.8 Å². The number of aryl methyl sites for hydroxylation is 1. The number of rotatable bonds is 5. The molecule has 0 unspecified atom stereocenters. The van der Waals surface area contributed by atoms with Gasteiger partial charge >= 0.3 is 0 Å².